The van der Waals surface area contributed by atoms with Gasteiger partial charge in [-0.3, -0.25) is 9.69 Å². The maximum Gasteiger partial charge on any atom is 0.266 e. The van der Waals surface area contributed by atoms with Crippen molar-refractivity contribution in [2.24, 2.45) is 4.99 Å². The molecule has 1 heterocycles. The van der Waals surface area contributed by atoms with Crippen molar-refractivity contribution in [3.05, 3.63) is 70.6 Å². The van der Waals surface area contributed by atoms with Crippen molar-refractivity contribution in [3.63, 3.8) is 0 Å². The zero-order valence-corrected chi connectivity index (χ0v) is 15.8. The van der Waals surface area contributed by atoms with Crippen molar-refractivity contribution >= 4 is 34.6 Å². The molecule has 26 heavy (non-hydrogen) atoms. The largest absolute Gasteiger partial charge is 0.383 e. The molecule has 2 aromatic carbocycles. The molecule has 0 radical (unpaired) electrons. The van der Waals surface area contributed by atoms with Crippen LogP contribution < -0.4 is 0 Å². The predicted molar refractivity (Wildman–Crippen MR) is 109 cm³/mol. The fourth-order valence-corrected chi connectivity index (χ4v) is 3.61. The number of hydrogen-bond acceptors (Lipinski definition) is 4. The lowest BCUT2D eigenvalue weighted by Gasteiger charge is -2.14. The molecule has 3 rings (SSSR count). The van der Waals surface area contributed by atoms with Crippen LogP contribution in [0.15, 0.2) is 64.5 Å². The Kier molecular flexibility index (Phi) is 6.26. The number of benzene rings is 2. The molecule has 5 heteroatoms. The number of thioether (sulfide) groups is 1. The van der Waals surface area contributed by atoms with Gasteiger partial charge in [-0.25, -0.2) is 4.99 Å². The van der Waals surface area contributed by atoms with E-state index in [4.69, 9.17) is 4.74 Å². The molecule has 0 aromatic heterocycles. The lowest BCUT2D eigenvalue weighted by atomic mass is 10.1. The molecule has 134 valence electrons. The number of ether oxygens (including phenoxy) is 1. The number of amides is 1. The van der Waals surface area contributed by atoms with Crippen LogP contribution in [0.4, 0.5) is 5.69 Å². The topological polar surface area (TPSA) is 41.9 Å². The van der Waals surface area contributed by atoms with E-state index in [9.17, 15) is 4.79 Å². The highest BCUT2D eigenvalue weighted by atomic mass is 32.2. The molecule has 1 fully saturated rings. The van der Waals surface area contributed by atoms with E-state index in [1.807, 2.05) is 48.5 Å². The predicted octanol–water partition coefficient (Wildman–Crippen LogP) is 4.50. The van der Waals surface area contributed by atoms with Gasteiger partial charge in [0, 0.05) is 7.11 Å². The minimum atomic E-state index is -0.0266. The lowest BCUT2D eigenvalue weighted by Crippen LogP contribution is -2.32. The molecule has 0 spiro atoms. The molecule has 1 aliphatic rings. The highest BCUT2D eigenvalue weighted by molar-refractivity contribution is 8.18. The van der Waals surface area contributed by atoms with Gasteiger partial charge in [0.05, 0.1) is 23.7 Å². The molecule has 1 aliphatic heterocycles. The van der Waals surface area contributed by atoms with E-state index in [-0.39, 0.29) is 5.91 Å². The van der Waals surface area contributed by atoms with E-state index in [1.165, 1.54) is 17.3 Å². The fraction of sp³-hybridized carbons (Fsp3) is 0.238. The van der Waals surface area contributed by atoms with Gasteiger partial charge in [-0.05, 0) is 47.5 Å². The number of carbonyl (C=O) groups is 1. The van der Waals surface area contributed by atoms with Crippen LogP contribution in [-0.4, -0.2) is 36.2 Å². The number of nitrogens with zero attached hydrogens (tertiary/aromatic N) is 2. The second kappa shape index (κ2) is 8.83. The molecule has 0 N–H and O–H groups in total. The molecular weight excluding hydrogens is 344 g/mol. The van der Waals surface area contributed by atoms with Crippen molar-refractivity contribution in [1.82, 2.24) is 4.90 Å². The summed E-state index contributed by atoms with van der Waals surface area (Å²) in [7, 11) is 1.63. The summed E-state index contributed by atoms with van der Waals surface area (Å²) in [5.74, 6) is -0.0266. The standard InChI is InChI=1S/C21H22N2O2S/c1-3-16-9-11-17(12-10-16)15-19-20(24)23(13-14-25-2)21(26-19)22-18-7-5-4-6-8-18/h4-12,15H,3,13-14H2,1-2H3/b19-15-,22-21?. The van der Waals surface area contributed by atoms with Crippen molar-refractivity contribution in [2.75, 3.05) is 20.3 Å². The Balaban J connectivity index is 1.89. The van der Waals surface area contributed by atoms with E-state index < -0.39 is 0 Å². The van der Waals surface area contributed by atoms with E-state index in [0.717, 1.165) is 17.7 Å². The quantitative estimate of drug-likeness (QED) is 0.707. The van der Waals surface area contributed by atoms with E-state index in [2.05, 4.69) is 24.0 Å². The summed E-state index contributed by atoms with van der Waals surface area (Å²) in [6, 6.07) is 18.0. The molecule has 0 saturated carbocycles. The summed E-state index contributed by atoms with van der Waals surface area (Å²) in [5, 5.41) is 0.690. The normalized spacial score (nSPS) is 17.5. The zero-order valence-electron chi connectivity index (χ0n) is 15.0. The van der Waals surface area contributed by atoms with Gasteiger partial charge in [-0.2, -0.15) is 0 Å². The van der Waals surface area contributed by atoms with Gasteiger partial charge in [0.15, 0.2) is 5.17 Å². The Morgan fingerprint density at radius 1 is 1.12 bits per heavy atom. The first kappa shape index (κ1) is 18.4. The van der Waals surface area contributed by atoms with Crippen LogP contribution in [0.2, 0.25) is 0 Å². The highest BCUT2D eigenvalue weighted by Crippen LogP contribution is 2.34. The number of carbonyl (C=O) groups excluding carboxylic acids is 1. The van der Waals surface area contributed by atoms with Crippen LogP contribution in [0, 0.1) is 0 Å². The average molecular weight is 366 g/mol. The van der Waals surface area contributed by atoms with Gasteiger partial charge in [-0.1, -0.05) is 49.4 Å². The van der Waals surface area contributed by atoms with Crippen molar-refractivity contribution in [2.45, 2.75) is 13.3 Å². The van der Waals surface area contributed by atoms with Crippen molar-refractivity contribution in [1.29, 1.82) is 0 Å². The Bertz CT molecular complexity index is 814. The van der Waals surface area contributed by atoms with Crippen LogP contribution in [0.3, 0.4) is 0 Å². The Hall–Kier alpha value is -2.37. The minimum Gasteiger partial charge on any atom is -0.383 e. The number of rotatable bonds is 6. The third kappa shape index (κ3) is 4.42. The second-order valence-corrected chi connectivity index (χ2v) is 6.89. The third-order valence-corrected chi connectivity index (χ3v) is 5.08. The van der Waals surface area contributed by atoms with Gasteiger partial charge < -0.3 is 4.74 Å². The summed E-state index contributed by atoms with van der Waals surface area (Å²) in [6.07, 6.45) is 2.93. The molecule has 1 saturated heterocycles. The minimum absolute atomic E-state index is 0.0266. The van der Waals surface area contributed by atoms with E-state index in [1.54, 1.807) is 12.0 Å². The van der Waals surface area contributed by atoms with Crippen LogP contribution in [0.1, 0.15) is 18.1 Å². The van der Waals surface area contributed by atoms with Crippen LogP contribution in [0.5, 0.6) is 0 Å². The van der Waals surface area contributed by atoms with Crippen molar-refractivity contribution < 1.29 is 9.53 Å². The first-order valence-corrected chi connectivity index (χ1v) is 9.46. The summed E-state index contributed by atoms with van der Waals surface area (Å²) in [5.41, 5.74) is 3.13. The molecule has 0 unspecified atom stereocenters. The van der Waals surface area contributed by atoms with Gasteiger partial charge in [0.25, 0.3) is 5.91 Å². The number of aliphatic imine (C=N–C) groups is 1. The van der Waals surface area contributed by atoms with Crippen LogP contribution in [-0.2, 0) is 16.0 Å². The fourth-order valence-electron chi connectivity index (χ4n) is 2.59. The highest BCUT2D eigenvalue weighted by Gasteiger charge is 2.33. The summed E-state index contributed by atoms with van der Waals surface area (Å²) < 4.78 is 5.15. The molecule has 1 amide bonds. The van der Waals surface area contributed by atoms with Crippen LogP contribution in [0.25, 0.3) is 6.08 Å². The van der Waals surface area contributed by atoms with Gasteiger partial charge in [0.1, 0.15) is 0 Å². The lowest BCUT2D eigenvalue weighted by molar-refractivity contribution is -0.122. The Morgan fingerprint density at radius 2 is 1.85 bits per heavy atom. The molecule has 0 bridgehead atoms. The van der Waals surface area contributed by atoms with E-state index >= 15 is 0 Å². The van der Waals surface area contributed by atoms with Crippen LogP contribution >= 0.6 is 11.8 Å². The monoisotopic (exact) mass is 366 g/mol. The van der Waals surface area contributed by atoms with Gasteiger partial charge in [-0.15, -0.1) is 0 Å². The average Bonchev–Trinajstić information content (AvgIpc) is 2.96. The molecular formula is C21H22N2O2S. The number of methoxy groups -OCH3 is 1. The number of para-hydroxylation sites is 1. The van der Waals surface area contributed by atoms with E-state index in [0.29, 0.717) is 23.2 Å². The molecule has 4 nitrogen and oxygen atoms in total. The maximum absolute atomic E-state index is 12.8. The van der Waals surface area contributed by atoms with Crippen molar-refractivity contribution in [3.8, 4) is 0 Å². The number of aryl methyl sites for hydroxylation is 1. The zero-order chi connectivity index (χ0) is 18.4. The summed E-state index contributed by atoms with van der Waals surface area (Å²) in [6.45, 7) is 3.09. The molecule has 0 atom stereocenters. The smallest absolute Gasteiger partial charge is 0.266 e. The SMILES string of the molecule is CCc1ccc(/C=C2\SC(=Nc3ccccc3)N(CCOC)C2=O)cc1. The van der Waals surface area contributed by atoms with Gasteiger partial charge in [0.2, 0.25) is 0 Å². The Labute approximate surface area is 158 Å². The molecule has 2 aromatic rings. The summed E-state index contributed by atoms with van der Waals surface area (Å²) >= 11 is 1.41. The molecule has 0 aliphatic carbocycles. The summed E-state index contributed by atoms with van der Waals surface area (Å²) in [4.78, 5) is 19.9. The second-order valence-electron chi connectivity index (χ2n) is 5.89. The number of amidine groups is 1. The first-order chi connectivity index (χ1) is 12.7. The third-order valence-electron chi connectivity index (χ3n) is 4.07. The van der Waals surface area contributed by atoms with Gasteiger partial charge >= 0.3 is 0 Å². The maximum atomic E-state index is 12.8. The Morgan fingerprint density at radius 3 is 2.50 bits per heavy atom. The first-order valence-electron chi connectivity index (χ1n) is 8.64. The number of hydrogen-bond donors (Lipinski definition) is 0.